The van der Waals surface area contributed by atoms with Gasteiger partial charge in [-0.25, -0.2) is 0 Å². The maximum absolute atomic E-state index is 12.3. The Hall–Kier alpha value is -3.15. The Morgan fingerprint density at radius 2 is 1.92 bits per heavy atom. The van der Waals surface area contributed by atoms with Crippen LogP contribution in [0, 0.1) is 12.8 Å². The quantitative estimate of drug-likeness (QED) is 0.715. The second-order valence-electron chi connectivity index (χ2n) is 6.43. The molecule has 0 radical (unpaired) electrons. The molecule has 3 rings (SSSR count). The van der Waals surface area contributed by atoms with Crippen molar-refractivity contribution in [2.24, 2.45) is 13.0 Å². The second kappa shape index (κ2) is 7.39. The van der Waals surface area contributed by atoms with Gasteiger partial charge >= 0.3 is 5.97 Å². The fraction of sp³-hybridized carbons (Fsp3) is 0.250. The van der Waals surface area contributed by atoms with Crippen LogP contribution in [0.1, 0.15) is 21.6 Å². The molecule has 2 aromatic carbocycles. The number of fused-ring (bicyclic) bond motifs is 1. The third-order valence-electron chi connectivity index (χ3n) is 4.41. The predicted octanol–water partition coefficient (Wildman–Crippen LogP) is 2.56. The molecule has 6 nitrogen and oxygen atoms in total. The molecule has 0 saturated carbocycles. The Morgan fingerprint density at radius 1 is 1.19 bits per heavy atom. The van der Waals surface area contributed by atoms with Gasteiger partial charge in [-0.2, -0.15) is 5.10 Å². The summed E-state index contributed by atoms with van der Waals surface area (Å²) in [5.41, 5.74) is 2.01. The van der Waals surface area contributed by atoms with Gasteiger partial charge in [0.1, 0.15) is 0 Å². The predicted molar refractivity (Wildman–Crippen MR) is 99.1 cm³/mol. The number of hydrogen-bond donors (Lipinski definition) is 2. The van der Waals surface area contributed by atoms with Crippen LogP contribution < -0.4 is 5.32 Å². The normalized spacial score (nSPS) is 12.1. The lowest BCUT2D eigenvalue weighted by molar-refractivity contribution is -0.141. The summed E-state index contributed by atoms with van der Waals surface area (Å²) in [6.45, 7) is 1.81. The Bertz CT molecular complexity index is 962. The maximum atomic E-state index is 12.3. The molecule has 6 heteroatoms. The van der Waals surface area contributed by atoms with E-state index in [4.69, 9.17) is 0 Å². The summed E-state index contributed by atoms with van der Waals surface area (Å²) in [5, 5.41) is 18.6. The molecule has 1 unspecified atom stereocenters. The average Bonchev–Trinajstić information content (AvgIpc) is 2.96. The fourth-order valence-corrected chi connectivity index (χ4v) is 3.03. The molecule has 0 aliphatic carbocycles. The lowest BCUT2D eigenvalue weighted by Gasteiger charge is -2.14. The van der Waals surface area contributed by atoms with E-state index in [0.29, 0.717) is 17.7 Å². The highest BCUT2D eigenvalue weighted by Gasteiger charge is 2.21. The first-order valence-corrected chi connectivity index (χ1v) is 8.43. The monoisotopic (exact) mass is 351 g/mol. The number of amides is 1. The Labute approximate surface area is 151 Å². The number of aromatic nitrogens is 2. The molecule has 134 valence electrons. The van der Waals surface area contributed by atoms with Crippen molar-refractivity contribution in [2.75, 3.05) is 6.54 Å². The highest BCUT2D eigenvalue weighted by Crippen LogP contribution is 2.18. The third-order valence-corrected chi connectivity index (χ3v) is 4.41. The minimum atomic E-state index is -0.929. The lowest BCUT2D eigenvalue weighted by Crippen LogP contribution is -2.34. The summed E-state index contributed by atoms with van der Waals surface area (Å²) in [4.78, 5) is 23.9. The van der Waals surface area contributed by atoms with Gasteiger partial charge in [-0.1, -0.05) is 42.5 Å². The number of nitrogens with zero attached hydrogens (tertiary/aromatic N) is 2. The van der Waals surface area contributed by atoms with Gasteiger partial charge in [0.15, 0.2) is 0 Å². The highest BCUT2D eigenvalue weighted by molar-refractivity contribution is 5.95. The van der Waals surface area contributed by atoms with E-state index >= 15 is 0 Å². The van der Waals surface area contributed by atoms with Crippen molar-refractivity contribution >= 4 is 22.6 Å². The number of aryl methyl sites for hydroxylation is 2. The fourth-order valence-electron chi connectivity index (χ4n) is 3.03. The van der Waals surface area contributed by atoms with E-state index in [-0.39, 0.29) is 12.5 Å². The van der Waals surface area contributed by atoms with Crippen LogP contribution in [0.3, 0.4) is 0 Å². The second-order valence-corrected chi connectivity index (χ2v) is 6.43. The zero-order chi connectivity index (χ0) is 18.7. The van der Waals surface area contributed by atoms with E-state index < -0.39 is 11.9 Å². The van der Waals surface area contributed by atoms with Gasteiger partial charge in [0.2, 0.25) is 0 Å². The number of benzene rings is 2. The van der Waals surface area contributed by atoms with E-state index in [9.17, 15) is 14.7 Å². The van der Waals surface area contributed by atoms with Gasteiger partial charge in [0.25, 0.3) is 5.91 Å². The molecule has 1 amide bonds. The van der Waals surface area contributed by atoms with Crippen molar-refractivity contribution in [1.29, 1.82) is 0 Å². The molecule has 0 bridgehead atoms. The molecule has 0 aliphatic heterocycles. The van der Waals surface area contributed by atoms with E-state index in [1.807, 2.05) is 42.5 Å². The van der Waals surface area contributed by atoms with Crippen LogP contribution >= 0.6 is 0 Å². The number of rotatable bonds is 6. The summed E-state index contributed by atoms with van der Waals surface area (Å²) >= 11 is 0. The van der Waals surface area contributed by atoms with Crippen LogP contribution in [-0.4, -0.2) is 33.3 Å². The van der Waals surface area contributed by atoms with Crippen LogP contribution in [0.25, 0.3) is 10.8 Å². The van der Waals surface area contributed by atoms with E-state index in [1.54, 1.807) is 24.9 Å². The first-order chi connectivity index (χ1) is 12.4. The zero-order valence-electron chi connectivity index (χ0n) is 14.8. The molecular weight excluding hydrogens is 330 g/mol. The van der Waals surface area contributed by atoms with Crippen molar-refractivity contribution in [3.8, 4) is 0 Å². The van der Waals surface area contributed by atoms with Crippen molar-refractivity contribution in [3.63, 3.8) is 0 Å². The molecule has 1 aromatic heterocycles. The Kier molecular flexibility index (Phi) is 5.02. The van der Waals surface area contributed by atoms with Crippen LogP contribution in [0.2, 0.25) is 0 Å². The van der Waals surface area contributed by atoms with Crippen LogP contribution in [0.15, 0.2) is 48.7 Å². The van der Waals surface area contributed by atoms with Crippen molar-refractivity contribution in [1.82, 2.24) is 15.1 Å². The van der Waals surface area contributed by atoms with Crippen LogP contribution in [-0.2, 0) is 18.3 Å². The molecule has 26 heavy (non-hydrogen) atoms. The number of carbonyl (C=O) groups is 2. The first-order valence-electron chi connectivity index (χ1n) is 8.43. The van der Waals surface area contributed by atoms with Crippen LogP contribution in [0.4, 0.5) is 0 Å². The smallest absolute Gasteiger partial charge is 0.308 e. The molecule has 0 fully saturated rings. The lowest BCUT2D eigenvalue weighted by atomic mass is 9.97. The summed E-state index contributed by atoms with van der Waals surface area (Å²) in [6, 6.07) is 13.9. The first kappa shape index (κ1) is 17.7. The van der Waals surface area contributed by atoms with Gasteiger partial charge < -0.3 is 10.4 Å². The van der Waals surface area contributed by atoms with E-state index in [0.717, 1.165) is 16.3 Å². The van der Waals surface area contributed by atoms with Gasteiger partial charge in [-0.05, 0) is 29.7 Å². The largest absolute Gasteiger partial charge is 0.481 e. The Balaban J connectivity index is 1.69. The van der Waals surface area contributed by atoms with Gasteiger partial charge in [0, 0.05) is 19.8 Å². The number of hydrogen-bond acceptors (Lipinski definition) is 3. The van der Waals surface area contributed by atoms with Crippen LogP contribution in [0.5, 0.6) is 0 Å². The van der Waals surface area contributed by atoms with Crippen molar-refractivity contribution < 1.29 is 14.7 Å². The summed E-state index contributed by atoms with van der Waals surface area (Å²) in [7, 11) is 1.74. The number of carboxylic acid groups (broad SMARTS) is 1. The molecule has 0 saturated heterocycles. The number of aliphatic carboxylic acids is 1. The summed E-state index contributed by atoms with van der Waals surface area (Å²) < 4.78 is 1.56. The number of carboxylic acids is 1. The summed E-state index contributed by atoms with van der Waals surface area (Å²) in [5.74, 6) is -1.93. The maximum Gasteiger partial charge on any atom is 0.308 e. The summed E-state index contributed by atoms with van der Waals surface area (Å²) in [6.07, 6.45) is 1.98. The SMILES string of the molecule is Cc1nn(C)cc1C(=O)NCC(Cc1ccc2ccccc2c1)C(=O)O. The molecule has 2 N–H and O–H groups in total. The standard InChI is InChI=1S/C20H21N3O3/c1-13-18(12-23(2)22-13)19(24)21-11-17(20(25)26)10-14-7-8-15-5-3-4-6-16(15)9-14/h3-9,12,17H,10-11H2,1-2H3,(H,21,24)(H,25,26). The van der Waals surface area contributed by atoms with Crippen molar-refractivity contribution in [3.05, 3.63) is 65.5 Å². The van der Waals surface area contributed by atoms with Gasteiger partial charge in [0.05, 0.1) is 17.2 Å². The molecule has 1 atom stereocenters. The molecule has 1 heterocycles. The minimum Gasteiger partial charge on any atom is -0.481 e. The molecule has 0 spiro atoms. The topological polar surface area (TPSA) is 84.2 Å². The van der Waals surface area contributed by atoms with E-state index in [1.165, 1.54) is 0 Å². The molecular formula is C20H21N3O3. The Morgan fingerprint density at radius 3 is 2.58 bits per heavy atom. The van der Waals surface area contributed by atoms with Gasteiger partial charge in [-0.3, -0.25) is 14.3 Å². The van der Waals surface area contributed by atoms with E-state index in [2.05, 4.69) is 10.4 Å². The number of nitrogens with one attached hydrogen (secondary N) is 1. The molecule has 0 aliphatic rings. The number of carbonyl (C=O) groups excluding carboxylic acids is 1. The highest BCUT2D eigenvalue weighted by atomic mass is 16.4. The molecule has 3 aromatic rings. The zero-order valence-corrected chi connectivity index (χ0v) is 14.8. The average molecular weight is 351 g/mol. The van der Waals surface area contributed by atoms with Gasteiger partial charge in [-0.15, -0.1) is 0 Å². The van der Waals surface area contributed by atoms with Crippen molar-refractivity contribution in [2.45, 2.75) is 13.3 Å². The third kappa shape index (κ3) is 3.91. The minimum absolute atomic E-state index is 0.0648.